The van der Waals surface area contributed by atoms with Gasteiger partial charge in [-0.25, -0.2) is 0 Å². The van der Waals surface area contributed by atoms with Crippen molar-refractivity contribution in [3.05, 3.63) is 20.8 Å². The van der Waals surface area contributed by atoms with Crippen LogP contribution in [0.25, 0.3) is 0 Å². The highest BCUT2D eigenvalue weighted by atomic mass is 79.9. The smallest absolute Gasteiger partial charge is 0.279 e. The molecule has 1 aromatic heterocycles. The summed E-state index contributed by atoms with van der Waals surface area (Å²) in [5.74, 6) is 0. The minimum Gasteiger partial charge on any atom is -0.379 e. The predicted octanol–water partition coefficient (Wildman–Crippen LogP) is 1.18. The fourth-order valence-electron chi connectivity index (χ4n) is 1.49. The lowest BCUT2D eigenvalue weighted by Gasteiger charge is -2.25. The molecule has 2 rings (SSSR count). The SMILES string of the molecule is O=S(=O)(NCc1sccc1Br)N1CCOCC1. The van der Waals surface area contributed by atoms with Crippen LogP contribution in [0.5, 0.6) is 0 Å². The summed E-state index contributed by atoms with van der Waals surface area (Å²) in [7, 11) is -3.39. The quantitative estimate of drug-likeness (QED) is 0.895. The Labute approximate surface area is 113 Å². The zero-order valence-corrected chi connectivity index (χ0v) is 12.3. The molecular weight excluding hydrogens is 328 g/mol. The average Bonchev–Trinajstić information content (AvgIpc) is 2.74. The maximum Gasteiger partial charge on any atom is 0.279 e. The summed E-state index contributed by atoms with van der Waals surface area (Å²) in [5, 5.41) is 1.92. The Hall–Kier alpha value is 0.01000. The van der Waals surface area contributed by atoms with Gasteiger partial charge in [0, 0.05) is 29.0 Å². The first kappa shape index (κ1) is 13.4. The molecule has 1 fully saturated rings. The van der Waals surface area contributed by atoms with Crippen LogP contribution in [0.1, 0.15) is 4.88 Å². The number of nitrogens with one attached hydrogen (secondary N) is 1. The van der Waals surface area contributed by atoms with Crippen LogP contribution in [0, 0.1) is 0 Å². The molecule has 0 aliphatic carbocycles. The number of nitrogens with zero attached hydrogens (tertiary/aromatic N) is 1. The standard InChI is InChI=1S/C9H13BrN2O3S2/c10-8-1-6-16-9(8)7-11-17(13,14)12-2-4-15-5-3-12/h1,6,11H,2-5,7H2. The van der Waals surface area contributed by atoms with Gasteiger partial charge in [0.15, 0.2) is 0 Å². The Bertz CT molecular complexity index is 468. The fraction of sp³-hybridized carbons (Fsp3) is 0.556. The minimum atomic E-state index is -3.39. The third-order valence-electron chi connectivity index (χ3n) is 2.42. The molecule has 0 spiro atoms. The zero-order chi connectivity index (χ0) is 12.3. The van der Waals surface area contributed by atoms with Gasteiger partial charge in [0.1, 0.15) is 0 Å². The number of thiophene rings is 1. The lowest BCUT2D eigenvalue weighted by molar-refractivity contribution is 0.0725. The van der Waals surface area contributed by atoms with Crippen molar-refractivity contribution in [1.82, 2.24) is 9.03 Å². The highest BCUT2D eigenvalue weighted by molar-refractivity contribution is 9.10. The summed E-state index contributed by atoms with van der Waals surface area (Å²) in [6.45, 7) is 2.08. The van der Waals surface area contributed by atoms with Crippen molar-refractivity contribution in [2.75, 3.05) is 26.3 Å². The summed E-state index contributed by atoms with van der Waals surface area (Å²) >= 11 is 4.89. The molecule has 0 unspecified atom stereocenters. The maximum absolute atomic E-state index is 11.9. The van der Waals surface area contributed by atoms with Crippen LogP contribution in [0.2, 0.25) is 0 Å². The number of morpholine rings is 1. The van der Waals surface area contributed by atoms with E-state index in [1.54, 1.807) is 0 Å². The van der Waals surface area contributed by atoms with Crippen molar-refractivity contribution in [3.8, 4) is 0 Å². The molecule has 96 valence electrons. The largest absolute Gasteiger partial charge is 0.379 e. The monoisotopic (exact) mass is 340 g/mol. The molecule has 1 aliphatic rings. The molecule has 0 atom stereocenters. The molecule has 1 saturated heterocycles. The number of ether oxygens (including phenoxy) is 1. The number of rotatable bonds is 4. The van der Waals surface area contributed by atoms with Crippen molar-refractivity contribution >= 4 is 37.5 Å². The highest BCUT2D eigenvalue weighted by Gasteiger charge is 2.23. The van der Waals surface area contributed by atoms with Gasteiger partial charge in [-0.2, -0.15) is 17.4 Å². The minimum absolute atomic E-state index is 0.317. The Balaban J connectivity index is 1.95. The lowest BCUT2D eigenvalue weighted by Crippen LogP contribution is -2.46. The summed E-state index contributed by atoms with van der Waals surface area (Å²) in [4.78, 5) is 0.974. The highest BCUT2D eigenvalue weighted by Crippen LogP contribution is 2.22. The first-order chi connectivity index (χ1) is 8.09. The van der Waals surface area contributed by atoms with Gasteiger partial charge in [0.05, 0.1) is 13.2 Å². The van der Waals surface area contributed by atoms with E-state index in [0.717, 1.165) is 9.35 Å². The van der Waals surface area contributed by atoms with Crippen LogP contribution in [0.3, 0.4) is 0 Å². The molecule has 1 aromatic rings. The second-order valence-electron chi connectivity index (χ2n) is 3.53. The second kappa shape index (κ2) is 5.77. The van der Waals surface area contributed by atoms with Crippen molar-refractivity contribution in [3.63, 3.8) is 0 Å². The predicted molar refractivity (Wildman–Crippen MR) is 70.2 cm³/mol. The summed E-state index contributed by atoms with van der Waals surface area (Å²) in [5.41, 5.74) is 0. The molecule has 5 nitrogen and oxygen atoms in total. The van der Waals surface area contributed by atoms with Crippen LogP contribution in [0.4, 0.5) is 0 Å². The van der Waals surface area contributed by atoms with E-state index < -0.39 is 10.2 Å². The Morgan fingerprint density at radius 3 is 2.76 bits per heavy atom. The van der Waals surface area contributed by atoms with E-state index in [4.69, 9.17) is 4.74 Å². The van der Waals surface area contributed by atoms with Crippen LogP contribution in [-0.2, 0) is 21.5 Å². The van der Waals surface area contributed by atoms with Crippen LogP contribution < -0.4 is 4.72 Å². The normalized spacial score (nSPS) is 18.4. The number of hydrogen-bond acceptors (Lipinski definition) is 4. The lowest BCUT2D eigenvalue weighted by atomic mass is 10.5. The van der Waals surface area contributed by atoms with Crippen LogP contribution >= 0.6 is 27.3 Å². The van der Waals surface area contributed by atoms with Gasteiger partial charge in [-0.1, -0.05) is 0 Å². The van der Waals surface area contributed by atoms with Crippen LogP contribution in [0.15, 0.2) is 15.9 Å². The van der Waals surface area contributed by atoms with Crippen LogP contribution in [-0.4, -0.2) is 39.0 Å². The summed E-state index contributed by atoms with van der Waals surface area (Å²) in [6.07, 6.45) is 0. The second-order valence-corrected chi connectivity index (χ2v) is 7.14. The first-order valence-electron chi connectivity index (χ1n) is 5.14. The Kier molecular flexibility index (Phi) is 4.56. The van der Waals surface area contributed by atoms with Gasteiger partial charge >= 0.3 is 0 Å². The molecular formula is C9H13BrN2O3S2. The molecule has 0 radical (unpaired) electrons. The summed E-state index contributed by atoms with van der Waals surface area (Å²) in [6, 6.07) is 1.91. The zero-order valence-electron chi connectivity index (χ0n) is 9.06. The van der Waals surface area contributed by atoms with Crippen molar-refractivity contribution in [2.45, 2.75) is 6.54 Å². The van der Waals surface area contributed by atoms with E-state index in [1.165, 1.54) is 15.6 Å². The van der Waals surface area contributed by atoms with Gasteiger partial charge in [-0.3, -0.25) is 0 Å². The van der Waals surface area contributed by atoms with E-state index in [9.17, 15) is 8.42 Å². The molecule has 0 amide bonds. The van der Waals surface area contributed by atoms with Crippen molar-refractivity contribution < 1.29 is 13.2 Å². The van der Waals surface area contributed by atoms with E-state index >= 15 is 0 Å². The molecule has 0 aromatic carbocycles. The molecule has 1 N–H and O–H groups in total. The Morgan fingerprint density at radius 2 is 2.18 bits per heavy atom. The van der Waals surface area contributed by atoms with Gasteiger partial charge in [-0.05, 0) is 27.4 Å². The number of halogens is 1. The number of hydrogen-bond donors (Lipinski definition) is 1. The maximum atomic E-state index is 11.9. The molecule has 2 heterocycles. The van der Waals surface area contributed by atoms with Gasteiger partial charge < -0.3 is 4.74 Å². The Morgan fingerprint density at radius 1 is 1.47 bits per heavy atom. The van der Waals surface area contributed by atoms with Crippen molar-refractivity contribution in [2.24, 2.45) is 0 Å². The summed E-state index contributed by atoms with van der Waals surface area (Å²) < 4.78 is 34.0. The fourth-order valence-corrected chi connectivity index (χ4v) is 4.15. The van der Waals surface area contributed by atoms with Crippen molar-refractivity contribution in [1.29, 1.82) is 0 Å². The van der Waals surface area contributed by atoms with Gasteiger partial charge in [0.25, 0.3) is 10.2 Å². The van der Waals surface area contributed by atoms with Gasteiger partial charge in [-0.15, -0.1) is 11.3 Å². The van der Waals surface area contributed by atoms with E-state index in [1.807, 2.05) is 11.4 Å². The van der Waals surface area contributed by atoms with E-state index in [-0.39, 0.29) is 0 Å². The molecule has 17 heavy (non-hydrogen) atoms. The van der Waals surface area contributed by atoms with Gasteiger partial charge in [0.2, 0.25) is 0 Å². The first-order valence-corrected chi connectivity index (χ1v) is 8.25. The van der Waals surface area contributed by atoms with E-state index in [2.05, 4.69) is 20.7 Å². The topological polar surface area (TPSA) is 58.6 Å². The average molecular weight is 341 g/mol. The molecule has 0 saturated carbocycles. The molecule has 1 aliphatic heterocycles. The third kappa shape index (κ3) is 3.49. The molecule has 8 heteroatoms. The molecule has 0 bridgehead atoms. The third-order valence-corrected chi connectivity index (χ3v) is 5.90. The van der Waals surface area contributed by atoms with E-state index in [0.29, 0.717) is 32.8 Å².